The smallest absolute Gasteiger partial charge is 0.338 e. The van der Waals surface area contributed by atoms with E-state index >= 15 is 0 Å². The molecule has 1 aliphatic heterocycles. The standard InChI is InChI=1S/C32H28Cl2N2O5S/c1-5-40-31(38)27-19(3)35-32-36(28(27)22-11-9-18(2)10-12-22)30(37)26(42-32)16-21-14-24(34)29(25(15-21)39-4)41-17-20-7-6-8-23(33)13-20/h6-16,28H,5,17H2,1-4H3/b26-16-/t28-/m1/s1. The van der Waals surface area contributed by atoms with Crippen molar-refractivity contribution in [1.82, 2.24) is 4.57 Å². The molecule has 0 amide bonds. The fourth-order valence-electron chi connectivity index (χ4n) is 4.75. The molecule has 0 saturated heterocycles. The Kier molecular flexibility index (Phi) is 8.87. The molecule has 10 heteroatoms. The van der Waals surface area contributed by atoms with E-state index in [1.165, 1.54) is 18.4 Å². The maximum absolute atomic E-state index is 13.9. The number of aryl methyl sites for hydroxylation is 1. The number of thiazole rings is 1. The van der Waals surface area contributed by atoms with E-state index in [1.807, 2.05) is 49.4 Å². The quantitative estimate of drug-likeness (QED) is 0.225. The third-order valence-electron chi connectivity index (χ3n) is 6.73. The molecule has 0 radical (unpaired) electrons. The number of hydrogen-bond acceptors (Lipinski definition) is 7. The Morgan fingerprint density at radius 2 is 1.86 bits per heavy atom. The van der Waals surface area contributed by atoms with E-state index in [2.05, 4.69) is 4.99 Å². The second-order valence-corrected chi connectivity index (χ2v) is 11.5. The molecule has 0 saturated carbocycles. The Bertz CT molecular complexity index is 1880. The second-order valence-electron chi connectivity index (χ2n) is 9.67. The predicted octanol–water partition coefficient (Wildman–Crippen LogP) is 6.00. The highest BCUT2D eigenvalue weighted by atomic mass is 35.5. The Balaban J connectivity index is 1.57. The van der Waals surface area contributed by atoms with Crippen LogP contribution in [0.2, 0.25) is 10.0 Å². The van der Waals surface area contributed by atoms with Crippen LogP contribution in [0.15, 0.2) is 81.7 Å². The molecule has 0 aliphatic carbocycles. The monoisotopic (exact) mass is 622 g/mol. The van der Waals surface area contributed by atoms with E-state index in [9.17, 15) is 9.59 Å². The van der Waals surface area contributed by atoms with Crippen LogP contribution in [0.1, 0.15) is 42.1 Å². The number of ether oxygens (including phenoxy) is 3. The highest BCUT2D eigenvalue weighted by molar-refractivity contribution is 7.07. The van der Waals surface area contributed by atoms with Crippen molar-refractivity contribution in [2.75, 3.05) is 13.7 Å². The minimum atomic E-state index is -0.677. The van der Waals surface area contributed by atoms with Crippen molar-refractivity contribution in [3.05, 3.63) is 124 Å². The minimum Gasteiger partial charge on any atom is -0.493 e. The average Bonchev–Trinajstić information content (AvgIpc) is 3.26. The number of nitrogens with zero attached hydrogens (tertiary/aromatic N) is 2. The van der Waals surface area contributed by atoms with Gasteiger partial charge in [-0.25, -0.2) is 9.79 Å². The molecule has 3 aromatic carbocycles. The summed E-state index contributed by atoms with van der Waals surface area (Å²) in [7, 11) is 1.52. The molecule has 1 aliphatic rings. The summed E-state index contributed by atoms with van der Waals surface area (Å²) in [6.45, 7) is 5.95. The van der Waals surface area contributed by atoms with Crippen LogP contribution in [0.4, 0.5) is 0 Å². The summed E-state index contributed by atoms with van der Waals surface area (Å²) in [5, 5.41) is 0.938. The van der Waals surface area contributed by atoms with Crippen molar-refractivity contribution in [2.45, 2.75) is 33.4 Å². The summed E-state index contributed by atoms with van der Waals surface area (Å²) < 4.78 is 18.9. The number of hydrogen-bond donors (Lipinski definition) is 0. The molecule has 42 heavy (non-hydrogen) atoms. The third-order valence-corrected chi connectivity index (χ3v) is 8.23. The van der Waals surface area contributed by atoms with Crippen molar-refractivity contribution < 1.29 is 19.0 Å². The first-order valence-electron chi connectivity index (χ1n) is 13.2. The maximum atomic E-state index is 13.9. The Labute approximate surface area is 256 Å². The number of fused-ring (bicyclic) bond motifs is 1. The summed E-state index contributed by atoms with van der Waals surface area (Å²) in [5.41, 5.74) is 3.95. The van der Waals surface area contributed by atoms with E-state index in [0.29, 0.717) is 47.7 Å². The molecule has 2 heterocycles. The number of benzene rings is 3. The molecule has 5 rings (SSSR count). The molecule has 0 spiro atoms. The van der Waals surface area contributed by atoms with Crippen LogP contribution in [0.5, 0.6) is 11.5 Å². The molecule has 0 fully saturated rings. The van der Waals surface area contributed by atoms with E-state index < -0.39 is 12.0 Å². The number of rotatable bonds is 8. The van der Waals surface area contributed by atoms with Gasteiger partial charge in [0.15, 0.2) is 16.3 Å². The lowest BCUT2D eigenvalue weighted by molar-refractivity contribution is -0.139. The van der Waals surface area contributed by atoms with E-state index in [-0.39, 0.29) is 18.8 Å². The van der Waals surface area contributed by atoms with Crippen LogP contribution in [-0.2, 0) is 16.1 Å². The zero-order valence-corrected chi connectivity index (χ0v) is 25.8. The van der Waals surface area contributed by atoms with Crippen LogP contribution < -0.4 is 24.4 Å². The largest absolute Gasteiger partial charge is 0.493 e. The normalized spacial score (nSPS) is 14.8. The molecule has 7 nitrogen and oxygen atoms in total. The summed E-state index contributed by atoms with van der Waals surface area (Å²) >= 11 is 14.0. The number of esters is 1. The second kappa shape index (κ2) is 12.6. The molecular formula is C32H28Cl2N2O5S. The van der Waals surface area contributed by atoms with Crippen molar-refractivity contribution in [1.29, 1.82) is 0 Å². The fraction of sp³-hybridized carbons (Fsp3) is 0.219. The van der Waals surface area contributed by atoms with Crippen LogP contribution >= 0.6 is 34.5 Å². The molecular weight excluding hydrogens is 595 g/mol. The molecule has 0 unspecified atom stereocenters. The Hall–Kier alpha value is -3.85. The molecule has 4 aromatic rings. The minimum absolute atomic E-state index is 0.210. The lowest BCUT2D eigenvalue weighted by atomic mass is 9.95. The SMILES string of the molecule is CCOC(=O)C1=C(C)N=c2s/c(=C\c3cc(Cl)c(OCc4cccc(Cl)c4)c(OC)c3)c(=O)n2[C@@H]1c1ccc(C)cc1. The summed E-state index contributed by atoms with van der Waals surface area (Å²) in [6, 6.07) is 17.9. The maximum Gasteiger partial charge on any atom is 0.338 e. The Morgan fingerprint density at radius 3 is 2.55 bits per heavy atom. The third kappa shape index (κ3) is 6.02. The highest BCUT2D eigenvalue weighted by Gasteiger charge is 2.33. The number of carbonyl (C=O) groups is 1. The van der Waals surface area contributed by atoms with Gasteiger partial charge in [0, 0.05) is 5.02 Å². The zero-order valence-electron chi connectivity index (χ0n) is 23.4. The highest BCUT2D eigenvalue weighted by Crippen LogP contribution is 2.37. The number of aromatic nitrogens is 1. The van der Waals surface area contributed by atoms with E-state index in [1.54, 1.807) is 42.7 Å². The first-order chi connectivity index (χ1) is 20.2. The van der Waals surface area contributed by atoms with Gasteiger partial charge < -0.3 is 14.2 Å². The Morgan fingerprint density at radius 1 is 1.10 bits per heavy atom. The number of halogens is 2. The van der Waals surface area contributed by atoms with Gasteiger partial charge in [0.2, 0.25) is 0 Å². The summed E-state index contributed by atoms with van der Waals surface area (Å²) in [4.78, 5) is 32.1. The lowest BCUT2D eigenvalue weighted by Crippen LogP contribution is -2.39. The molecule has 0 N–H and O–H groups in total. The van der Waals surface area contributed by atoms with Crippen molar-refractivity contribution in [3.63, 3.8) is 0 Å². The van der Waals surface area contributed by atoms with Crippen molar-refractivity contribution >= 4 is 46.6 Å². The average molecular weight is 624 g/mol. The van der Waals surface area contributed by atoms with Gasteiger partial charge in [-0.05, 0) is 67.8 Å². The van der Waals surface area contributed by atoms with Gasteiger partial charge in [0.25, 0.3) is 5.56 Å². The molecule has 1 aromatic heterocycles. The van der Waals surface area contributed by atoms with Gasteiger partial charge in [-0.15, -0.1) is 0 Å². The van der Waals surface area contributed by atoms with E-state index in [4.69, 9.17) is 37.4 Å². The first-order valence-corrected chi connectivity index (χ1v) is 14.8. The number of methoxy groups -OCH3 is 1. The fourth-order valence-corrected chi connectivity index (χ4v) is 6.29. The predicted molar refractivity (Wildman–Crippen MR) is 165 cm³/mol. The summed E-state index contributed by atoms with van der Waals surface area (Å²) in [5.74, 6) is 0.303. The zero-order chi connectivity index (χ0) is 30.0. The van der Waals surface area contributed by atoms with Gasteiger partial charge in [0.05, 0.1) is 40.6 Å². The summed E-state index contributed by atoms with van der Waals surface area (Å²) in [6.07, 6.45) is 1.73. The van der Waals surface area contributed by atoms with Crippen molar-refractivity contribution in [2.24, 2.45) is 4.99 Å². The van der Waals surface area contributed by atoms with Crippen LogP contribution in [0.25, 0.3) is 6.08 Å². The van der Waals surface area contributed by atoms with Gasteiger partial charge in [-0.2, -0.15) is 0 Å². The van der Waals surface area contributed by atoms with Gasteiger partial charge in [-0.1, -0.05) is 76.5 Å². The van der Waals surface area contributed by atoms with Crippen LogP contribution in [0, 0.1) is 6.92 Å². The van der Waals surface area contributed by atoms with Crippen LogP contribution in [0.3, 0.4) is 0 Å². The van der Waals surface area contributed by atoms with Crippen LogP contribution in [-0.4, -0.2) is 24.3 Å². The van der Waals surface area contributed by atoms with E-state index in [0.717, 1.165) is 16.7 Å². The van der Waals surface area contributed by atoms with Gasteiger partial charge in [-0.3, -0.25) is 9.36 Å². The molecule has 0 bridgehead atoms. The van der Waals surface area contributed by atoms with Crippen molar-refractivity contribution in [3.8, 4) is 11.5 Å². The molecule has 216 valence electrons. The topological polar surface area (TPSA) is 79.1 Å². The number of allylic oxidation sites excluding steroid dienone is 1. The number of carbonyl (C=O) groups excluding carboxylic acids is 1. The van der Waals surface area contributed by atoms with Gasteiger partial charge in [0.1, 0.15) is 6.61 Å². The lowest BCUT2D eigenvalue weighted by Gasteiger charge is -2.24. The van der Waals surface area contributed by atoms with Gasteiger partial charge >= 0.3 is 5.97 Å². The first kappa shape index (κ1) is 29.6. The molecule has 1 atom stereocenters.